The summed E-state index contributed by atoms with van der Waals surface area (Å²) in [4.78, 5) is 28.0. The number of fused-ring (bicyclic) bond motifs is 1. The summed E-state index contributed by atoms with van der Waals surface area (Å²) >= 11 is 1.68. The summed E-state index contributed by atoms with van der Waals surface area (Å²) in [5.41, 5.74) is 2.50. The molecule has 1 unspecified atom stereocenters. The Hall–Kier alpha value is -2.19. The summed E-state index contributed by atoms with van der Waals surface area (Å²) < 4.78 is 21.9. The predicted octanol–water partition coefficient (Wildman–Crippen LogP) is 2.96. The minimum absolute atomic E-state index is 0.0663. The van der Waals surface area contributed by atoms with Gasteiger partial charge in [0.1, 0.15) is 0 Å². The van der Waals surface area contributed by atoms with Crippen molar-refractivity contribution >= 4 is 33.1 Å². The fraction of sp³-hybridized carbons (Fsp3) is 0.368. The van der Waals surface area contributed by atoms with Gasteiger partial charge in [-0.2, -0.15) is 0 Å². The van der Waals surface area contributed by atoms with Gasteiger partial charge in [-0.1, -0.05) is 6.07 Å². The van der Waals surface area contributed by atoms with Gasteiger partial charge in [-0.25, -0.2) is 8.42 Å². The van der Waals surface area contributed by atoms with Crippen molar-refractivity contribution in [1.82, 2.24) is 4.90 Å². The highest BCUT2D eigenvalue weighted by molar-refractivity contribution is 7.92. The summed E-state index contributed by atoms with van der Waals surface area (Å²) in [7, 11) is -3.82. The number of sulfone groups is 1. The molecular formula is C19H21NO5S2. The van der Waals surface area contributed by atoms with Gasteiger partial charge in [0.15, 0.2) is 14.6 Å². The molecule has 6 nitrogen and oxygen atoms in total. The molecule has 27 heavy (non-hydrogen) atoms. The second-order valence-corrected chi connectivity index (χ2v) is 10.8. The lowest BCUT2D eigenvalue weighted by molar-refractivity contribution is -0.139. The first-order valence-corrected chi connectivity index (χ1v) is 11.2. The van der Waals surface area contributed by atoms with Gasteiger partial charge in [-0.15, -0.1) is 11.3 Å². The first kappa shape index (κ1) is 19.6. The second kappa shape index (κ2) is 6.76. The third-order valence-electron chi connectivity index (χ3n) is 5.14. The summed E-state index contributed by atoms with van der Waals surface area (Å²) in [5, 5.41) is 9.36. The number of hydrogen-bond acceptors (Lipinski definition) is 5. The molecule has 0 saturated heterocycles. The maximum absolute atomic E-state index is 12.6. The van der Waals surface area contributed by atoms with E-state index in [1.807, 2.05) is 31.2 Å². The van der Waals surface area contributed by atoms with Crippen LogP contribution in [0.1, 0.15) is 34.1 Å². The average Bonchev–Trinajstić information content (AvgIpc) is 3.15. The minimum Gasteiger partial charge on any atom is -0.480 e. The van der Waals surface area contributed by atoms with Crippen LogP contribution in [0.25, 0.3) is 10.4 Å². The Balaban J connectivity index is 1.80. The standard InChI is InChI=1S/C19H21NO5S2/c1-12-4-7-16(26-12)13-5-6-15-14(10-13)11-20(17(15)21)9-8-19(2,18(22)23)27(3,24)25/h4-7,10H,8-9,11H2,1-3H3,(H,22,23). The van der Waals surface area contributed by atoms with Gasteiger partial charge in [0, 0.05) is 34.7 Å². The van der Waals surface area contributed by atoms with Crippen LogP contribution in [0.4, 0.5) is 0 Å². The molecule has 2 aromatic rings. The zero-order chi connectivity index (χ0) is 20.0. The summed E-state index contributed by atoms with van der Waals surface area (Å²) in [5.74, 6) is -1.59. The van der Waals surface area contributed by atoms with Gasteiger partial charge < -0.3 is 10.0 Å². The third-order valence-corrected chi connectivity index (χ3v) is 8.20. The number of nitrogens with zero attached hydrogens (tertiary/aromatic N) is 1. The molecule has 1 atom stereocenters. The highest BCUT2D eigenvalue weighted by Crippen LogP contribution is 2.33. The number of rotatable bonds is 6. The minimum atomic E-state index is -3.82. The Kier molecular flexibility index (Phi) is 4.90. The quantitative estimate of drug-likeness (QED) is 0.795. The van der Waals surface area contributed by atoms with Gasteiger partial charge in [-0.3, -0.25) is 9.59 Å². The monoisotopic (exact) mass is 407 g/mol. The van der Waals surface area contributed by atoms with E-state index in [4.69, 9.17) is 0 Å². The highest BCUT2D eigenvalue weighted by Gasteiger charge is 2.44. The van der Waals surface area contributed by atoms with Crippen LogP contribution in [-0.2, 0) is 21.2 Å². The Morgan fingerprint density at radius 2 is 2.00 bits per heavy atom. The number of thiophene rings is 1. The number of amides is 1. The molecule has 0 fully saturated rings. The van der Waals surface area contributed by atoms with Crippen molar-refractivity contribution < 1.29 is 23.1 Å². The number of benzene rings is 1. The molecule has 2 heterocycles. The lowest BCUT2D eigenvalue weighted by atomic mass is 10.1. The first-order chi connectivity index (χ1) is 12.5. The number of carboxylic acids is 1. The van der Waals surface area contributed by atoms with Crippen LogP contribution in [-0.4, -0.2) is 47.8 Å². The number of carboxylic acid groups (broad SMARTS) is 1. The number of carbonyl (C=O) groups is 2. The van der Waals surface area contributed by atoms with E-state index in [0.29, 0.717) is 12.1 Å². The zero-order valence-corrected chi connectivity index (χ0v) is 17.0. The Morgan fingerprint density at radius 1 is 1.30 bits per heavy atom. The van der Waals surface area contributed by atoms with Crippen molar-refractivity contribution in [2.24, 2.45) is 0 Å². The van der Waals surface area contributed by atoms with E-state index in [-0.39, 0.29) is 18.9 Å². The van der Waals surface area contributed by atoms with Crippen molar-refractivity contribution in [3.8, 4) is 10.4 Å². The molecule has 1 N–H and O–H groups in total. The average molecular weight is 408 g/mol. The molecule has 1 aliphatic rings. The zero-order valence-electron chi connectivity index (χ0n) is 15.4. The molecule has 0 spiro atoms. The summed E-state index contributed by atoms with van der Waals surface area (Å²) in [6.07, 6.45) is 0.759. The molecule has 0 bridgehead atoms. The van der Waals surface area contributed by atoms with Crippen LogP contribution in [0, 0.1) is 6.92 Å². The van der Waals surface area contributed by atoms with Crippen LogP contribution in [0.5, 0.6) is 0 Å². The van der Waals surface area contributed by atoms with E-state index in [1.54, 1.807) is 17.4 Å². The fourth-order valence-electron chi connectivity index (χ4n) is 3.10. The molecule has 0 aliphatic carbocycles. The molecule has 1 aliphatic heterocycles. The van der Waals surface area contributed by atoms with Crippen molar-refractivity contribution in [3.63, 3.8) is 0 Å². The highest BCUT2D eigenvalue weighted by atomic mass is 32.2. The molecular weight excluding hydrogens is 386 g/mol. The maximum Gasteiger partial charge on any atom is 0.324 e. The van der Waals surface area contributed by atoms with Crippen molar-refractivity contribution in [1.29, 1.82) is 0 Å². The molecule has 144 valence electrons. The lowest BCUT2D eigenvalue weighted by Crippen LogP contribution is -2.45. The maximum atomic E-state index is 12.6. The van der Waals surface area contributed by atoms with Gasteiger partial charge in [0.05, 0.1) is 0 Å². The van der Waals surface area contributed by atoms with E-state index >= 15 is 0 Å². The van der Waals surface area contributed by atoms with E-state index in [1.165, 1.54) is 16.7 Å². The molecule has 1 amide bonds. The summed E-state index contributed by atoms with van der Waals surface area (Å²) in [6.45, 7) is 3.65. The van der Waals surface area contributed by atoms with Gasteiger partial charge in [0.25, 0.3) is 5.91 Å². The van der Waals surface area contributed by atoms with Crippen LogP contribution in [0.2, 0.25) is 0 Å². The fourth-order valence-corrected chi connectivity index (χ4v) is 4.75. The van der Waals surface area contributed by atoms with Gasteiger partial charge in [0.2, 0.25) is 0 Å². The molecule has 1 aromatic carbocycles. The summed E-state index contributed by atoms with van der Waals surface area (Å²) in [6, 6.07) is 9.76. The molecule has 1 aromatic heterocycles. The van der Waals surface area contributed by atoms with Crippen LogP contribution in [0.15, 0.2) is 30.3 Å². The van der Waals surface area contributed by atoms with Crippen LogP contribution in [0.3, 0.4) is 0 Å². The van der Waals surface area contributed by atoms with Crippen molar-refractivity contribution in [2.45, 2.75) is 31.6 Å². The molecule has 3 rings (SSSR count). The number of hydrogen-bond donors (Lipinski definition) is 1. The topological polar surface area (TPSA) is 91.8 Å². The Labute approximate surface area is 162 Å². The Morgan fingerprint density at radius 3 is 2.56 bits per heavy atom. The lowest BCUT2D eigenvalue weighted by Gasteiger charge is -2.25. The Bertz CT molecular complexity index is 1020. The normalized spacial score (nSPS) is 16.3. The van der Waals surface area contributed by atoms with Gasteiger partial charge >= 0.3 is 5.97 Å². The second-order valence-electron chi connectivity index (χ2n) is 7.07. The first-order valence-electron chi connectivity index (χ1n) is 8.45. The largest absolute Gasteiger partial charge is 0.480 e. The van der Waals surface area contributed by atoms with Crippen LogP contribution >= 0.6 is 11.3 Å². The van der Waals surface area contributed by atoms with Gasteiger partial charge in [-0.05, 0) is 55.7 Å². The van der Waals surface area contributed by atoms with E-state index < -0.39 is 20.6 Å². The number of aliphatic carboxylic acids is 1. The third kappa shape index (κ3) is 3.51. The smallest absolute Gasteiger partial charge is 0.324 e. The van der Waals surface area contributed by atoms with Crippen LogP contribution < -0.4 is 0 Å². The number of aryl methyl sites for hydroxylation is 1. The molecule has 8 heteroatoms. The SMILES string of the molecule is Cc1ccc(-c2ccc3c(c2)CN(CCC(C)(C(=O)O)S(C)(=O)=O)C3=O)s1. The number of carbonyl (C=O) groups excluding carboxylic acids is 1. The molecule has 0 radical (unpaired) electrons. The van der Waals surface area contributed by atoms with Crippen molar-refractivity contribution in [2.75, 3.05) is 12.8 Å². The van der Waals surface area contributed by atoms with E-state index in [0.717, 1.165) is 22.3 Å². The molecule has 0 saturated carbocycles. The predicted molar refractivity (Wildman–Crippen MR) is 105 cm³/mol. The van der Waals surface area contributed by atoms with E-state index in [9.17, 15) is 23.1 Å². The van der Waals surface area contributed by atoms with Crippen molar-refractivity contribution in [3.05, 3.63) is 46.3 Å². The van der Waals surface area contributed by atoms with E-state index in [2.05, 4.69) is 0 Å².